The van der Waals surface area contributed by atoms with E-state index in [2.05, 4.69) is 5.32 Å². The molecule has 1 amide bonds. The Hall–Kier alpha value is -0.790. The summed E-state index contributed by atoms with van der Waals surface area (Å²) < 4.78 is 4.85. The highest BCUT2D eigenvalue weighted by molar-refractivity contribution is 8.00. The van der Waals surface area contributed by atoms with Crippen molar-refractivity contribution in [3.05, 3.63) is 0 Å². The number of nitrogens with two attached hydrogens (primary N) is 1. The molecule has 0 aliphatic rings. The quantitative estimate of drug-likeness (QED) is 0.493. The van der Waals surface area contributed by atoms with Crippen LogP contribution in [-0.2, 0) is 14.3 Å². The van der Waals surface area contributed by atoms with E-state index in [1.165, 1.54) is 11.8 Å². The van der Waals surface area contributed by atoms with E-state index >= 15 is 0 Å². The fraction of sp³-hybridized carbons (Fsp3) is 0.800. The Labute approximate surface area is 105 Å². The van der Waals surface area contributed by atoms with Crippen molar-refractivity contribution < 1.29 is 19.4 Å². The lowest BCUT2D eigenvalue weighted by atomic mass is 10.4. The van der Waals surface area contributed by atoms with Crippen LogP contribution in [0.25, 0.3) is 0 Å². The molecule has 0 aliphatic heterocycles. The summed E-state index contributed by atoms with van der Waals surface area (Å²) in [5.41, 5.74) is 5.34. The van der Waals surface area contributed by atoms with Gasteiger partial charge >= 0.3 is 5.97 Å². The van der Waals surface area contributed by atoms with Gasteiger partial charge in [0.25, 0.3) is 0 Å². The molecule has 0 aromatic heterocycles. The third kappa shape index (κ3) is 8.00. The van der Waals surface area contributed by atoms with Crippen LogP contribution in [-0.4, -0.2) is 54.3 Å². The van der Waals surface area contributed by atoms with Crippen molar-refractivity contribution in [3.63, 3.8) is 0 Å². The van der Waals surface area contributed by atoms with Crippen LogP contribution >= 0.6 is 11.8 Å². The predicted octanol–water partition coefficient (Wildman–Crippen LogP) is -0.327. The molecule has 17 heavy (non-hydrogen) atoms. The lowest BCUT2D eigenvalue weighted by Gasteiger charge is -2.13. The average molecular weight is 264 g/mol. The summed E-state index contributed by atoms with van der Waals surface area (Å²) in [5.74, 6) is -0.934. The maximum Gasteiger partial charge on any atom is 0.321 e. The van der Waals surface area contributed by atoms with E-state index in [9.17, 15) is 9.59 Å². The molecular formula is C10H20N2O4S. The monoisotopic (exact) mass is 264 g/mol. The molecule has 0 aromatic carbocycles. The summed E-state index contributed by atoms with van der Waals surface area (Å²) in [5, 5.41) is 11.0. The van der Waals surface area contributed by atoms with Gasteiger partial charge in [0.05, 0.1) is 5.25 Å². The van der Waals surface area contributed by atoms with Crippen LogP contribution in [0, 0.1) is 0 Å². The third-order valence-electron chi connectivity index (χ3n) is 2.04. The molecule has 0 spiro atoms. The number of carbonyl (C=O) groups is 2. The predicted molar refractivity (Wildman–Crippen MR) is 67.0 cm³/mol. The van der Waals surface area contributed by atoms with Crippen LogP contribution in [0.1, 0.15) is 13.3 Å². The zero-order chi connectivity index (χ0) is 13.3. The van der Waals surface area contributed by atoms with Gasteiger partial charge in [0.2, 0.25) is 5.91 Å². The summed E-state index contributed by atoms with van der Waals surface area (Å²) in [4.78, 5) is 22.0. The van der Waals surface area contributed by atoms with Crippen LogP contribution in [0.5, 0.6) is 0 Å². The van der Waals surface area contributed by atoms with Gasteiger partial charge in [0.1, 0.15) is 6.04 Å². The van der Waals surface area contributed by atoms with Crippen molar-refractivity contribution in [1.82, 2.24) is 5.32 Å². The lowest BCUT2D eigenvalue weighted by Crippen LogP contribution is -2.36. The number of rotatable bonds is 9. The fourth-order valence-corrected chi connectivity index (χ4v) is 1.84. The number of amides is 1. The van der Waals surface area contributed by atoms with Gasteiger partial charge in [-0.05, 0) is 13.3 Å². The van der Waals surface area contributed by atoms with E-state index in [1.54, 1.807) is 14.0 Å². The standard InChI is InChI=1S/C10H20N2O4S/c1-7(17-6-8(11)10(14)15)9(13)12-4-3-5-16-2/h7-8H,3-6,11H2,1-2H3,(H,12,13)(H,14,15)/t7?,8-/m1/s1. The Morgan fingerprint density at radius 2 is 2.18 bits per heavy atom. The Balaban J connectivity index is 3.70. The summed E-state index contributed by atoms with van der Waals surface area (Å²) in [6.45, 7) is 2.89. The molecule has 0 bridgehead atoms. The summed E-state index contributed by atoms with van der Waals surface area (Å²) in [6.07, 6.45) is 0.758. The number of carboxylic acids is 1. The Morgan fingerprint density at radius 3 is 2.71 bits per heavy atom. The summed E-state index contributed by atoms with van der Waals surface area (Å²) in [6, 6.07) is -0.927. The van der Waals surface area contributed by atoms with E-state index in [4.69, 9.17) is 15.6 Å². The van der Waals surface area contributed by atoms with Gasteiger partial charge in [0.15, 0.2) is 0 Å². The first-order valence-electron chi connectivity index (χ1n) is 5.35. The molecule has 2 atom stereocenters. The fourth-order valence-electron chi connectivity index (χ4n) is 0.967. The van der Waals surface area contributed by atoms with Crippen LogP contribution in [0.2, 0.25) is 0 Å². The summed E-state index contributed by atoms with van der Waals surface area (Å²) in [7, 11) is 1.60. The number of aliphatic carboxylic acids is 1. The molecule has 0 saturated heterocycles. The van der Waals surface area contributed by atoms with E-state index in [0.29, 0.717) is 13.2 Å². The highest BCUT2D eigenvalue weighted by Crippen LogP contribution is 2.11. The number of nitrogens with one attached hydrogen (secondary N) is 1. The molecule has 6 nitrogen and oxygen atoms in total. The largest absolute Gasteiger partial charge is 0.480 e. The molecule has 0 radical (unpaired) electrons. The van der Waals surface area contributed by atoms with E-state index in [-0.39, 0.29) is 16.9 Å². The van der Waals surface area contributed by atoms with Gasteiger partial charge in [0, 0.05) is 26.0 Å². The summed E-state index contributed by atoms with van der Waals surface area (Å²) >= 11 is 1.24. The van der Waals surface area contributed by atoms with Crippen LogP contribution in [0.15, 0.2) is 0 Å². The number of hydrogen-bond donors (Lipinski definition) is 3. The van der Waals surface area contributed by atoms with Crippen LogP contribution in [0.3, 0.4) is 0 Å². The van der Waals surface area contributed by atoms with Crippen molar-refractivity contribution >= 4 is 23.6 Å². The van der Waals surface area contributed by atoms with Gasteiger partial charge in [-0.15, -0.1) is 11.8 Å². The van der Waals surface area contributed by atoms with Crippen molar-refractivity contribution in [3.8, 4) is 0 Å². The first-order valence-corrected chi connectivity index (χ1v) is 6.40. The van der Waals surface area contributed by atoms with Crippen molar-refractivity contribution in [2.45, 2.75) is 24.6 Å². The van der Waals surface area contributed by atoms with E-state index in [0.717, 1.165) is 6.42 Å². The number of ether oxygens (including phenoxy) is 1. The molecule has 100 valence electrons. The second-order valence-electron chi connectivity index (χ2n) is 3.56. The normalized spacial score (nSPS) is 14.1. The van der Waals surface area contributed by atoms with Crippen LogP contribution < -0.4 is 11.1 Å². The molecule has 0 heterocycles. The molecule has 0 saturated carbocycles. The van der Waals surface area contributed by atoms with Crippen molar-refractivity contribution in [2.75, 3.05) is 26.0 Å². The van der Waals surface area contributed by atoms with Gasteiger partial charge in [-0.1, -0.05) is 0 Å². The first-order chi connectivity index (χ1) is 7.99. The molecule has 4 N–H and O–H groups in total. The van der Waals surface area contributed by atoms with E-state index in [1.807, 2.05) is 0 Å². The number of carboxylic acid groups (broad SMARTS) is 1. The average Bonchev–Trinajstić information content (AvgIpc) is 2.30. The molecule has 0 rings (SSSR count). The lowest BCUT2D eigenvalue weighted by molar-refractivity contribution is -0.138. The maximum atomic E-state index is 11.5. The smallest absolute Gasteiger partial charge is 0.321 e. The molecule has 1 unspecified atom stereocenters. The topological polar surface area (TPSA) is 102 Å². The zero-order valence-electron chi connectivity index (χ0n) is 10.1. The minimum Gasteiger partial charge on any atom is -0.480 e. The number of hydrogen-bond acceptors (Lipinski definition) is 5. The number of carbonyl (C=O) groups excluding carboxylic acids is 1. The Kier molecular flexibility index (Phi) is 8.83. The van der Waals surface area contributed by atoms with Crippen molar-refractivity contribution in [2.24, 2.45) is 5.73 Å². The van der Waals surface area contributed by atoms with Gasteiger partial charge < -0.3 is 20.9 Å². The zero-order valence-corrected chi connectivity index (χ0v) is 11.0. The molecular weight excluding hydrogens is 244 g/mol. The SMILES string of the molecule is COCCCNC(=O)C(C)SC[C@@H](N)C(=O)O. The molecule has 7 heteroatoms. The maximum absolute atomic E-state index is 11.5. The molecule has 0 aliphatic carbocycles. The van der Waals surface area contributed by atoms with Gasteiger partial charge in [-0.25, -0.2) is 0 Å². The van der Waals surface area contributed by atoms with Crippen LogP contribution in [0.4, 0.5) is 0 Å². The highest BCUT2D eigenvalue weighted by atomic mass is 32.2. The number of methoxy groups -OCH3 is 1. The minimum absolute atomic E-state index is 0.108. The Morgan fingerprint density at radius 1 is 1.53 bits per heavy atom. The molecule has 0 aromatic rings. The van der Waals surface area contributed by atoms with Gasteiger partial charge in [-0.3, -0.25) is 9.59 Å². The third-order valence-corrected chi connectivity index (χ3v) is 3.30. The second kappa shape index (κ2) is 9.26. The first kappa shape index (κ1) is 16.2. The highest BCUT2D eigenvalue weighted by Gasteiger charge is 2.17. The second-order valence-corrected chi connectivity index (χ2v) is 4.93. The number of thioether (sulfide) groups is 1. The van der Waals surface area contributed by atoms with E-state index < -0.39 is 12.0 Å². The minimum atomic E-state index is -1.05. The van der Waals surface area contributed by atoms with Crippen molar-refractivity contribution in [1.29, 1.82) is 0 Å². The Bertz CT molecular complexity index is 250. The van der Waals surface area contributed by atoms with Gasteiger partial charge in [-0.2, -0.15) is 0 Å². The molecule has 0 fully saturated rings.